The summed E-state index contributed by atoms with van der Waals surface area (Å²) in [6, 6.07) is 0. The Hall–Kier alpha value is -0.420. The van der Waals surface area contributed by atoms with Crippen molar-refractivity contribution in [2.75, 3.05) is 12.3 Å². The first-order chi connectivity index (χ1) is 5.49. The molecule has 0 N–H and O–H groups in total. The summed E-state index contributed by atoms with van der Waals surface area (Å²) in [5, 5.41) is 1.23. The first-order valence-corrected chi connectivity index (χ1v) is 4.70. The minimum atomic E-state index is -0.451. The van der Waals surface area contributed by atoms with Gasteiger partial charge in [-0.1, -0.05) is 0 Å². The summed E-state index contributed by atoms with van der Waals surface area (Å²) in [7, 11) is 0. The van der Waals surface area contributed by atoms with E-state index in [0.29, 0.717) is 6.54 Å². The first-order valence-electron chi connectivity index (χ1n) is 3.79. The monoisotopic (exact) mass is 191 g/mol. The molecule has 1 aliphatic rings. The van der Waals surface area contributed by atoms with Crippen LogP contribution in [0.2, 0.25) is 0 Å². The summed E-state index contributed by atoms with van der Waals surface area (Å²) in [4.78, 5) is 11.2. The van der Waals surface area contributed by atoms with E-state index < -0.39 is 11.7 Å². The van der Waals surface area contributed by atoms with Gasteiger partial charge < -0.3 is 4.74 Å². The second-order valence-electron chi connectivity index (χ2n) is 3.48. The second kappa shape index (κ2) is 3.53. The van der Waals surface area contributed by atoms with Crippen LogP contribution in [0.4, 0.5) is 4.79 Å². The van der Waals surface area contributed by atoms with Crippen LogP contribution in [0.25, 0.3) is 0 Å². The van der Waals surface area contributed by atoms with Gasteiger partial charge in [0.2, 0.25) is 0 Å². The SMILES string of the molecule is CC(C)(C)OC(=O)N1CCSO1. The molecule has 0 aromatic rings. The molecule has 5 heteroatoms. The number of ether oxygens (including phenoxy) is 1. The van der Waals surface area contributed by atoms with Gasteiger partial charge >= 0.3 is 6.09 Å². The van der Waals surface area contributed by atoms with Crippen molar-refractivity contribution in [3.8, 4) is 0 Å². The van der Waals surface area contributed by atoms with Gasteiger partial charge in [-0.15, -0.1) is 0 Å². The maximum absolute atomic E-state index is 11.2. The third kappa shape index (κ3) is 2.91. The van der Waals surface area contributed by atoms with Gasteiger partial charge in [-0.2, -0.15) is 9.35 Å². The Morgan fingerprint density at radius 3 is 2.67 bits per heavy atom. The van der Waals surface area contributed by atoms with Crippen molar-refractivity contribution in [2.45, 2.75) is 26.4 Å². The van der Waals surface area contributed by atoms with Crippen molar-refractivity contribution in [1.82, 2.24) is 5.06 Å². The van der Waals surface area contributed by atoms with Crippen LogP contribution in [0, 0.1) is 0 Å². The number of nitrogens with zero attached hydrogens (tertiary/aromatic N) is 1. The summed E-state index contributed by atoms with van der Waals surface area (Å²) in [5.74, 6) is 0.805. The molecule has 4 nitrogen and oxygen atoms in total. The van der Waals surface area contributed by atoms with E-state index in [2.05, 4.69) is 0 Å². The Bertz CT molecular complexity index is 172. The lowest BCUT2D eigenvalue weighted by Crippen LogP contribution is -2.34. The number of amides is 1. The smallest absolute Gasteiger partial charge is 0.435 e. The average Bonchev–Trinajstić information content (AvgIpc) is 2.32. The van der Waals surface area contributed by atoms with Crippen molar-refractivity contribution in [3.05, 3.63) is 0 Å². The maximum atomic E-state index is 11.2. The Labute approximate surface area is 76.4 Å². The summed E-state index contributed by atoms with van der Waals surface area (Å²) in [6.07, 6.45) is -0.410. The molecule has 1 fully saturated rings. The van der Waals surface area contributed by atoms with E-state index in [1.807, 2.05) is 20.8 Å². The van der Waals surface area contributed by atoms with Crippen molar-refractivity contribution in [1.29, 1.82) is 0 Å². The molecule has 1 saturated heterocycles. The van der Waals surface area contributed by atoms with Gasteiger partial charge in [0.25, 0.3) is 0 Å². The molecule has 0 spiro atoms. The lowest BCUT2D eigenvalue weighted by Gasteiger charge is -2.22. The number of hydroxylamine groups is 2. The topological polar surface area (TPSA) is 38.8 Å². The minimum absolute atomic E-state index is 0.410. The van der Waals surface area contributed by atoms with Gasteiger partial charge in [0.15, 0.2) is 0 Å². The first kappa shape index (κ1) is 9.67. The second-order valence-corrected chi connectivity index (χ2v) is 4.27. The molecule has 0 bridgehead atoms. The molecule has 1 rings (SSSR count). The molecular formula is C7H13NO3S. The quantitative estimate of drug-likeness (QED) is 0.547. The highest BCUT2D eigenvalue weighted by Crippen LogP contribution is 2.18. The van der Waals surface area contributed by atoms with E-state index >= 15 is 0 Å². The molecule has 0 aromatic heterocycles. The molecule has 0 aliphatic carbocycles. The van der Waals surface area contributed by atoms with Gasteiger partial charge in [-0.05, 0) is 20.8 Å². The number of carbonyl (C=O) groups excluding carboxylic acids is 1. The molecule has 12 heavy (non-hydrogen) atoms. The van der Waals surface area contributed by atoms with E-state index in [1.54, 1.807) is 0 Å². The third-order valence-corrected chi connectivity index (χ3v) is 1.75. The predicted octanol–water partition coefficient (Wildman–Crippen LogP) is 1.82. The Morgan fingerprint density at radius 1 is 1.58 bits per heavy atom. The van der Waals surface area contributed by atoms with Gasteiger partial charge in [0.1, 0.15) is 5.60 Å². The van der Waals surface area contributed by atoms with Crippen LogP contribution < -0.4 is 0 Å². The van der Waals surface area contributed by atoms with E-state index in [9.17, 15) is 4.79 Å². The molecule has 1 heterocycles. The normalized spacial score (nSPS) is 18.1. The van der Waals surface area contributed by atoms with Gasteiger partial charge in [-0.25, -0.2) is 4.79 Å². The van der Waals surface area contributed by atoms with Gasteiger partial charge in [-0.3, -0.25) is 0 Å². The van der Waals surface area contributed by atoms with E-state index in [-0.39, 0.29) is 0 Å². The van der Waals surface area contributed by atoms with Crippen LogP contribution in [-0.2, 0) is 9.02 Å². The van der Waals surface area contributed by atoms with Crippen molar-refractivity contribution in [3.63, 3.8) is 0 Å². The largest absolute Gasteiger partial charge is 0.442 e. The zero-order valence-corrected chi connectivity index (χ0v) is 8.31. The van der Waals surface area contributed by atoms with Crippen molar-refractivity contribution < 1.29 is 13.8 Å². The fourth-order valence-corrected chi connectivity index (χ4v) is 1.27. The van der Waals surface area contributed by atoms with Crippen LogP contribution in [0.3, 0.4) is 0 Å². The predicted molar refractivity (Wildman–Crippen MR) is 46.5 cm³/mol. The number of rotatable bonds is 0. The zero-order chi connectivity index (χ0) is 9.19. The highest BCUT2D eigenvalue weighted by Gasteiger charge is 2.26. The van der Waals surface area contributed by atoms with Gasteiger partial charge in [0.05, 0.1) is 6.54 Å². The summed E-state index contributed by atoms with van der Waals surface area (Å²) in [6.45, 7) is 6.08. The van der Waals surface area contributed by atoms with Crippen molar-refractivity contribution in [2.24, 2.45) is 0 Å². The van der Waals surface area contributed by atoms with E-state index in [4.69, 9.17) is 9.02 Å². The minimum Gasteiger partial charge on any atom is -0.442 e. The molecular weight excluding hydrogens is 178 g/mol. The van der Waals surface area contributed by atoms with Crippen LogP contribution in [0.5, 0.6) is 0 Å². The molecule has 1 aliphatic heterocycles. The zero-order valence-electron chi connectivity index (χ0n) is 7.49. The lowest BCUT2D eigenvalue weighted by atomic mass is 10.2. The maximum Gasteiger partial charge on any atom is 0.435 e. The van der Waals surface area contributed by atoms with Gasteiger partial charge in [0, 0.05) is 17.8 Å². The molecule has 0 saturated carbocycles. The molecule has 0 radical (unpaired) electrons. The van der Waals surface area contributed by atoms with E-state index in [1.165, 1.54) is 17.1 Å². The summed E-state index contributed by atoms with van der Waals surface area (Å²) < 4.78 is 10.0. The van der Waals surface area contributed by atoms with Crippen LogP contribution in [-0.4, -0.2) is 29.1 Å². The number of hydrogen-bond acceptors (Lipinski definition) is 4. The lowest BCUT2D eigenvalue weighted by molar-refractivity contribution is -0.0478. The summed E-state index contributed by atoms with van der Waals surface area (Å²) >= 11 is 1.26. The fourth-order valence-electron chi connectivity index (χ4n) is 0.693. The average molecular weight is 191 g/mol. The molecule has 0 aromatic carbocycles. The number of carbonyl (C=O) groups is 1. The fraction of sp³-hybridized carbons (Fsp3) is 0.857. The third-order valence-electron chi connectivity index (χ3n) is 1.12. The molecule has 70 valence electrons. The van der Waals surface area contributed by atoms with Crippen molar-refractivity contribution >= 4 is 18.1 Å². The highest BCUT2D eigenvalue weighted by atomic mass is 32.2. The molecule has 0 atom stereocenters. The Balaban J connectivity index is 2.37. The van der Waals surface area contributed by atoms with Crippen LogP contribution >= 0.6 is 12.0 Å². The standard InChI is InChI=1S/C7H13NO3S/c1-7(2,3)10-6(9)8-4-5-12-11-8/h4-5H2,1-3H3. The summed E-state index contributed by atoms with van der Waals surface area (Å²) in [5.41, 5.74) is -0.451. The number of hydrogen-bond donors (Lipinski definition) is 0. The Kier molecular flexibility index (Phi) is 2.85. The van der Waals surface area contributed by atoms with E-state index in [0.717, 1.165) is 5.75 Å². The van der Waals surface area contributed by atoms with Crippen LogP contribution in [0.1, 0.15) is 20.8 Å². The van der Waals surface area contributed by atoms with Crippen LogP contribution in [0.15, 0.2) is 0 Å². The molecule has 0 unspecified atom stereocenters. The molecule has 1 amide bonds. The Morgan fingerprint density at radius 2 is 2.25 bits per heavy atom. The highest BCUT2D eigenvalue weighted by molar-refractivity contribution is 7.94.